The number of amides is 2. The Labute approximate surface area is 154 Å². The fourth-order valence-corrected chi connectivity index (χ4v) is 2.49. The van der Waals surface area contributed by atoms with Crippen molar-refractivity contribution in [2.24, 2.45) is 0 Å². The van der Waals surface area contributed by atoms with Gasteiger partial charge in [0.05, 0.1) is 6.61 Å². The third-order valence-electron chi connectivity index (χ3n) is 4.13. The van der Waals surface area contributed by atoms with E-state index in [0.29, 0.717) is 24.3 Å². The summed E-state index contributed by atoms with van der Waals surface area (Å²) in [5.41, 5.74) is 3.01. The molecule has 0 aromatic heterocycles. The van der Waals surface area contributed by atoms with Crippen LogP contribution in [0.25, 0.3) is 0 Å². The van der Waals surface area contributed by atoms with Crippen LogP contribution in [-0.4, -0.2) is 25.0 Å². The van der Waals surface area contributed by atoms with Gasteiger partial charge in [0.25, 0.3) is 11.8 Å². The first kappa shape index (κ1) is 19.7. The largest absolute Gasteiger partial charge is 0.380 e. The van der Waals surface area contributed by atoms with Crippen molar-refractivity contribution in [3.8, 4) is 0 Å². The first-order valence-corrected chi connectivity index (χ1v) is 8.79. The molecule has 0 radical (unpaired) electrons. The summed E-state index contributed by atoms with van der Waals surface area (Å²) in [5, 5.41) is 5.84. The minimum absolute atomic E-state index is 0.0974. The average Bonchev–Trinajstić information content (AvgIpc) is 2.66. The maximum atomic E-state index is 12.3. The van der Waals surface area contributed by atoms with Crippen LogP contribution in [0.2, 0.25) is 0 Å². The Morgan fingerprint density at radius 1 is 1.00 bits per heavy atom. The normalized spacial score (nSPS) is 11.7. The molecule has 2 N–H and O–H groups in total. The molecule has 26 heavy (non-hydrogen) atoms. The number of benzene rings is 2. The van der Waals surface area contributed by atoms with Gasteiger partial charge in [-0.2, -0.15) is 0 Å². The van der Waals surface area contributed by atoms with Crippen LogP contribution < -0.4 is 10.6 Å². The van der Waals surface area contributed by atoms with Gasteiger partial charge in [-0.05, 0) is 48.7 Å². The summed E-state index contributed by atoms with van der Waals surface area (Å²) < 4.78 is 5.09. The van der Waals surface area contributed by atoms with Crippen LogP contribution >= 0.6 is 0 Å². The van der Waals surface area contributed by atoms with Crippen molar-refractivity contribution < 1.29 is 14.3 Å². The molecular formula is C21H26N2O3. The summed E-state index contributed by atoms with van der Waals surface area (Å²) >= 11 is 0. The van der Waals surface area contributed by atoms with Crippen LogP contribution in [0.4, 0.5) is 0 Å². The molecule has 2 aromatic rings. The van der Waals surface area contributed by atoms with Crippen molar-refractivity contribution in [3.05, 3.63) is 70.8 Å². The number of carbonyl (C=O) groups is 2. The summed E-state index contributed by atoms with van der Waals surface area (Å²) in [6.45, 7) is 4.82. The molecule has 0 unspecified atom stereocenters. The van der Waals surface area contributed by atoms with Gasteiger partial charge in [-0.1, -0.05) is 31.2 Å². The lowest BCUT2D eigenvalue weighted by Gasteiger charge is -2.12. The first-order valence-electron chi connectivity index (χ1n) is 8.79. The van der Waals surface area contributed by atoms with Crippen molar-refractivity contribution in [2.45, 2.75) is 39.5 Å². The van der Waals surface area contributed by atoms with E-state index < -0.39 is 0 Å². The van der Waals surface area contributed by atoms with Crippen LogP contribution in [0.1, 0.15) is 52.1 Å². The van der Waals surface area contributed by atoms with E-state index in [0.717, 1.165) is 17.5 Å². The van der Waals surface area contributed by atoms with Gasteiger partial charge in [0.2, 0.25) is 0 Å². The van der Waals surface area contributed by atoms with Crippen LogP contribution in [0, 0.1) is 0 Å². The Morgan fingerprint density at radius 2 is 1.62 bits per heavy atom. The van der Waals surface area contributed by atoms with Crippen molar-refractivity contribution in [1.82, 2.24) is 10.6 Å². The summed E-state index contributed by atoms with van der Waals surface area (Å²) in [4.78, 5) is 24.6. The summed E-state index contributed by atoms with van der Waals surface area (Å²) in [7, 11) is 1.62. The van der Waals surface area contributed by atoms with E-state index in [4.69, 9.17) is 4.74 Å². The maximum absolute atomic E-state index is 12.3. The molecule has 1 atom stereocenters. The van der Waals surface area contributed by atoms with E-state index in [2.05, 4.69) is 10.6 Å². The minimum atomic E-state index is -0.155. The standard InChI is InChI=1S/C21H26N2O3/c1-4-15(2)23-21(25)19-10-5-7-16(11-19)13-22-20(24)18-9-6-8-17(12-18)14-26-3/h5-12,15H,4,13-14H2,1-3H3,(H,22,24)(H,23,25)/t15-/m0/s1. The number of nitrogens with one attached hydrogen (secondary N) is 2. The molecule has 2 rings (SSSR count). The van der Waals surface area contributed by atoms with Crippen LogP contribution in [-0.2, 0) is 17.9 Å². The summed E-state index contributed by atoms with van der Waals surface area (Å²) in [6, 6.07) is 14.8. The Kier molecular flexibility index (Phi) is 7.36. The van der Waals surface area contributed by atoms with E-state index in [1.54, 1.807) is 25.3 Å². The highest BCUT2D eigenvalue weighted by atomic mass is 16.5. The highest BCUT2D eigenvalue weighted by Crippen LogP contribution is 2.09. The fraction of sp³-hybridized carbons (Fsp3) is 0.333. The predicted molar refractivity (Wildman–Crippen MR) is 102 cm³/mol. The molecule has 0 saturated heterocycles. The summed E-state index contributed by atoms with van der Waals surface area (Å²) in [5.74, 6) is -0.253. The molecule has 0 bridgehead atoms. The SMILES string of the molecule is CC[C@H](C)NC(=O)c1cccc(CNC(=O)c2cccc(COC)c2)c1. The molecule has 0 aliphatic rings. The fourth-order valence-electron chi connectivity index (χ4n) is 2.49. The third-order valence-corrected chi connectivity index (χ3v) is 4.13. The highest BCUT2D eigenvalue weighted by molar-refractivity contribution is 5.95. The molecule has 5 nitrogen and oxygen atoms in total. The smallest absolute Gasteiger partial charge is 0.251 e. The lowest BCUT2D eigenvalue weighted by molar-refractivity contribution is 0.0936. The van der Waals surface area contributed by atoms with Gasteiger partial charge >= 0.3 is 0 Å². The van der Waals surface area contributed by atoms with Gasteiger partial charge in [-0.15, -0.1) is 0 Å². The molecule has 138 valence electrons. The quantitative estimate of drug-likeness (QED) is 0.764. The van der Waals surface area contributed by atoms with Gasteiger partial charge in [-0.25, -0.2) is 0 Å². The third kappa shape index (κ3) is 5.70. The zero-order valence-electron chi connectivity index (χ0n) is 15.5. The molecule has 0 saturated carbocycles. The number of hydrogen-bond acceptors (Lipinski definition) is 3. The lowest BCUT2D eigenvalue weighted by Crippen LogP contribution is -2.32. The second-order valence-corrected chi connectivity index (χ2v) is 6.30. The number of carbonyl (C=O) groups excluding carboxylic acids is 2. The van der Waals surface area contributed by atoms with E-state index in [-0.39, 0.29) is 17.9 Å². The zero-order chi connectivity index (χ0) is 18.9. The van der Waals surface area contributed by atoms with Crippen LogP contribution in [0.15, 0.2) is 48.5 Å². The lowest BCUT2D eigenvalue weighted by atomic mass is 10.1. The van der Waals surface area contributed by atoms with Crippen molar-refractivity contribution in [2.75, 3.05) is 7.11 Å². The Balaban J connectivity index is 1.99. The number of rotatable bonds is 8. The van der Waals surface area contributed by atoms with Crippen LogP contribution in [0.3, 0.4) is 0 Å². The van der Waals surface area contributed by atoms with Gasteiger partial charge in [0.15, 0.2) is 0 Å². The molecular weight excluding hydrogens is 328 g/mol. The topological polar surface area (TPSA) is 67.4 Å². The molecule has 0 heterocycles. The van der Waals surface area contributed by atoms with Gasteiger partial charge in [0.1, 0.15) is 0 Å². The molecule has 0 aliphatic heterocycles. The Morgan fingerprint density at radius 3 is 2.27 bits per heavy atom. The van der Waals surface area contributed by atoms with E-state index >= 15 is 0 Å². The predicted octanol–water partition coefficient (Wildman–Crippen LogP) is 3.29. The van der Waals surface area contributed by atoms with Crippen molar-refractivity contribution in [3.63, 3.8) is 0 Å². The molecule has 0 aliphatic carbocycles. The van der Waals surface area contributed by atoms with Gasteiger partial charge in [-0.3, -0.25) is 9.59 Å². The zero-order valence-corrected chi connectivity index (χ0v) is 15.5. The second kappa shape index (κ2) is 9.73. The minimum Gasteiger partial charge on any atom is -0.380 e. The van der Waals surface area contributed by atoms with E-state index in [9.17, 15) is 9.59 Å². The second-order valence-electron chi connectivity index (χ2n) is 6.30. The highest BCUT2D eigenvalue weighted by Gasteiger charge is 2.10. The summed E-state index contributed by atoms with van der Waals surface area (Å²) in [6.07, 6.45) is 0.879. The molecule has 2 amide bonds. The Bertz CT molecular complexity index is 758. The van der Waals surface area contributed by atoms with Crippen LogP contribution in [0.5, 0.6) is 0 Å². The molecule has 5 heteroatoms. The van der Waals surface area contributed by atoms with E-state index in [1.165, 1.54) is 0 Å². The molecule has 0 fully saturated rings. The number of methoxy groups -OCH3 is 1. The number of hydrogen-bond donors (Lipinski definition) is 2. The van der Waals surface area contributed by atoms with Gasteiger partial charge < -0.3 is 15.4 Å². The van der Waals surface area contributed by atoms with Crippen molar-refractivity contribution in [1.29, 1.82) is 0 Å². The number of ether oxygens (including phenoxy) is 1. The van der Waals surface area contributed by atoms with Gasteiger partial charge in [0, 0.05) is 30.8 Å². The van der Waals surface area contributed by atoms with Crippen molar-refractivity contribution >= 4 is 11.8 Å². The molecule has 0 spiro atoms. The molecule has 2 aromatic carbocycles. The maximum Gasteiger partial charge on any atom is 0.251 e. The first-order chi connectivity index (χ1) is 12.5. The monoisotopic (exact) mass is 354 g/mol. The Hall–Kier alpha value is -2.66. The van der Waals surface area contributed by atoms with E-state index in [1.807, 2.05) is 44.2 Å². The average molecular weight is 354 g/mol.